The maximum Gasteiger partial charge on any atom is 0.435 e. The summed E-state index contributed by atoms with van der Waals surface area (Å²) in [7, 11) is 1.43. The highest BCUT2D eigenvalue weighted by Crippen LogP contribution is 2.37. The summed E-state index contributed by atoms with van der Waals surface area (Å²) in [5, 5.41) is 8.81. The molecule has 158 valence electrons. The van der Waals surface area contributed by atoms with Crippen LogP contribution in [0.3, 0.4) is 0 Å². The fourth-order valence-electron chi connectivity index (χ4n) is 2.45. The summed E-state index contributed by atoms with van der Waals surface area (Å²) in [6, 6.07) is 11.6. The molecule has 0 atom stereocenters. The Morgan fingerprint density at radius 3 is 2.33 bits per heavy atom. The standard InChI is InChI=1S/C19H13Cl3F3N3OS/c1-28-18(30-12-7-5-11(20)6-8-12)13(17(27-28)19(23,24)25)9-26-29-10-14-15(21)3-2-4-16(14)22/h2-9H,10H2,1H3/b26-9+. The Balaban J connectivity index is 1.87. The monoisotopic (exact) mass is 493 g/mol. The van der Waals surface area contributed by atoms with E-state index in [1.165, 1.54) is 7.05 Å². The van der Waals surface area contributed by atoms with Crippen molar-refractivity contribution in [3.8, 4) is 0 Å². The molecule has 11 heteroatoms. The molecule has 0 N–H and O–H groups in total. The third-order valence-corrected chi connectivity index (χ3v) is 6.00. The van der Waals surface area contributed by atoms with E-state index in [2.05, 4.69) is 10.3 Å². The molecule has 1 aromatic heterocycles. The molecule has 3 aromatic rings. The van der Waals surface area contributed by atoms with Crippen molar-refractivity contribution in [3.05, 3.63) is 74.4 Å². The van der Waals surface area contributed by atoms with Gasteiger partial charge in [0.15, 0.2) is 5.69 Å². The van der Waals surface area contributed by atoms with Crippen LogP contribution in [0.25, 0.3) is 0 Å². The number of rotatable bonds is 6. The van der Waals surface area contributed by atoms with Gasteiger partial charge in [0.2, 0.25) is 0 Å². The van der Waals surface area contributed by atoms with Gasteiger partial charge in [0.1, 0.15) is 11.6 Å². The molecule has 0 saturated carbocycles. The van der Waals surface area contributed by atoms with Crippen molar-refractivity contribution in [3.63, 3.8) is 0 Å². The molecular formula is C19H13Cl3F3N3OS. The van der Waals surface area contributed by atoms with Gasteiger partial charge in [0, 0.05) is 32.6 Å². The molecule has 0 saturated heterocycles. The van der Waals surface area contributed by atoms with Gasteiger partial charge in [0.05, 0.1) is 11.8 Å². The molecule has 2 aromatic carbocycles. The van der Waals surface area contributed by atoms with Gasteiger partial charge < -0.3 is 4.84 Å². The smallest absolute Gasteiger partial charge is 0.391 e. The van der Waals surface area contributed by atoms with Gasteiger partial charge in [-0.2, -0.15) is 18.3 Å². The zero-order chi connectivity index (χ0) is 21.9. The number of benzene rings is 2. The number of aryl methyl sites for hydroxylation is 1. The van der Waals surface area contributed by atoms with Gasteiger partial charge in [-0.15, -0.1) is 0 Å². The summed E-state index contributed by atoms with van der Waals surface area (Å²) in [4.78, 5) is 5.84. The summed E-state index contributed by atoms with van der Waals surface area (Å²) >= 11 is 19.1. The predicted molar refractivity (Wildman–Crippen MR) is 113 cm³/mol. The van der Waals surface area contributed by atoms with Gasteiger partial charge in [-0.3, -0.25) is 4.68 Å². The first-order chi connectivity index (χ1) is 14.2. The van der Waals surface area contributed by atoms with E-state index < -0.39 is 11.9 Å². The normalized spacial score (nSPS) is 12.0. The molecule has 0 bridgehead atoms. The van der Waals surface area contributed by atoms with Gasteiger partial charge in [-0.05, 0) is 36.4 Å². The second-order valence-corrected chi connectivity index (χ2v) is 8.27. The summed E-state index contributed by atoms with van der Waals surface area (Å²) in [6.45, 7) is -0.101. The van der Waals surface area contributed by atoms with Crippen LogP contribution in [0, 0.1) is 0 Å². The molecule has 0 aliphatic carbocycles. The molecule has 30 heavy (non-hydrogen) atoms. The highest BCUT2D eigenvalue weighted by atomic mass is 35.5. The lowest BCUT2D eigenvalue weighted by atomic mass is 10.2. The Labute approximate surface area is 189 Å². The first kappa shape index (κ1) is 22.8. The Hall–Kier alpha value is -1.87. The maximum atomic E-state index is 13.5. The van der Waals surface area contributed by atoms with Gasteiger partial charge in [-0.25, -0.2) is 0 Å². The SMILES string of the molecule is Cn1nc(C(F)(F)F)c(/C=N/OCc2c(Cl)cccc2Cl)c1Sc1ccc(Cl)cc1. The molecule has 4 nitrogen and oxygen atoms in total. The van der Waals surface area contributed by atoms with Crippen LogP contribution in [0.2, 0.25) is 15.1 Å². The first-order valence-corrected chi connectivity index (χ1v) is 10.3. The Morgan fingerprint density at radius 1 is 1.10 bits per heavy atom. The molecule has 0 spiro atoms. The Kier molecular flexibility index (Phi) is 7.23. The van der Waals surface area contributed by atoms with E-state index in [4.69, 9.17) is 39.6 Å². The average molecular weight is 495 g/mol. The van der Waals surface area contributed by atoms with E-state index >= 15 is 0 Å². The number of nitrogens with zero attached hydrogens (tertiary/aromatic N) is 3. The number of halogens is 6. The van der Waals surface area contributed by atoms with Crippen molar-refractivity contribution >= 4 is 52.8 Å². The van der Waals surface area contributed by atoms with Crippen molar-refractivity contribution in [1.29, 1.82) is 0 Å². The molecule has 1 heterocycles. The largest absolute Gasteiger partial charge is 0.435 e. The number of aromatic nitrogens is 2. The molecule has 0 amide bonds. The lowest BCUT2D eigenvalue weighted by Crippen LogP contribution is -2.09. The molecule has 0 aliphatic rings. The van der Waals surface area contributed by atoms with Crippen molar-refractivity contribution in [2.45, 2.75) is 22.7 Å². The van der Waals surface area contributed by atoms with E-state index in [0.29, 0.717) is 25.5 Å². The van der Waals surface area contributed by atoms with Gasteiger partial charge >= 0.3 is 6.18 Å². The van der Waals surface area contributed by atoms with Crippen LogP contribution in [-0.2, 0) is 24.7 Å². The fourth-order valence-corrected chi connectivity index (χ4v) is 4.01. The predicted octanol–water partition coefficient (Wildman–Crippen LogP) is 7.10. The quantitative estimate of drug-likeness (QED) is 0.271. The van der Waals surface area contributed by atoms with E-state index in [1.807, 2.05) is 0 Å². The first-order valence-electron chi connectivity index (χ1n) is 8.32. The Morgan fingerprint density at radius 2 is 1.73 bits per heavy atom. The van der Waals surface area contributed by atoms with Crippen LogP contribution in [0.1, 0.15) is 16.8 Å². The van der Waals surface area contributed by atoms with E-state index in [9.17, 15) is 13.2 Å². The summed E-state index contributed by atoms with van der Waals surface area (Å²) in [5.74, 6) is 0. The number of oxime groups is 1. The summed E-state index contributed by atoms with van der Waals surface area (Å²) in [5.41, 5.74) is -0.796. The van der Waals surface area contributed by atoms with Crippen molar-refractivity contribution in [2.75, 3.05) is 0 Å². The van der Waals surface area contributed by atoms with Crippen LogP contribution in [0.15, 0.2) is 57.5 Å². The lowest BCUT2D eigenvalue weighted by molar-refractivity contribution is -0.141. The number of hydrogen-bond donors (Lipinski definition) is 0. The minimum atomic E-state index is -4.66. The van der Waals surface area contributed by atoms with Crippen molar-refractivity contribution < 1.29 is 18.0 Å². The van der Waals surface area contributed by atoms with Gasteiger partial charge in [0.25, 0.3) is 0 Å². The molecule has 0 fully saturated rings. The van der Waals surface area contributed by atoms with Crippen LogP contribution in [-0.4, -0.2) is 16.0 Å². The van der Waals surface area contributed by atoms with E-state index in [1.54, 1.807) is 42.5 Å². The second-order valence-electron chi connectivity index (χ2n) is 5.95. The van der Waals surface area contributed by atoms with Crippen LogP contribution >= 0.6 is 46.6 Å². The minimum absolute atomic E-state index is 0.101. The van der Waals surface area contributed by atoms with Crippen molar-refractivity contribution in [1.82, 2.24) is 9.78 Å². The third-order valence-electron chi connectivity index (χ3n) is 3.85. The van der Waals surface area contributed by atoms with Crippen molar-refractivity contribution in [2.24, 2.45) is 12.2 Å². The van der Waals surface area contributed by atoms with Crippen LogP contribution in [0.4, 0.5) is 13.2 Å². The zero-order valence-corrected chi connectivity index (χ0v) is 18.3. The maximum absolute atomic E-state index is 13.5. The fraction of sp³-hybridized carbons (Fsp3) is 0.158. The lowest BCUT2D eigenvalue weighted by Gasteiger charge is -2.07. The molecule has 0 aliphatic heterocycles. The van der Waals surface area contributed by atoms with Crippen LogP contribution in [0.5, 0.6) is 0 Å². The minimum Gasteiger partial charge on any atom is -0.391 e. The van der Waals surface area contributed by atoms with Gasteiger partial charge in [-0.1, -0.05) is 57.8 Å². The summed E-state index contributed by atoms with van der Waals surface area (Å²) in [6.07, 6.45) is -3.68. The molecule has 3 rings (SSSR count). The highest BCUT2D eigenvalue weighted by Gasteiger charge is 2.38. The Bertz CT molecular complexity index is 1050. The molecule has 0 unspecified atom stereocenters. The van der Waals surface area contributed by atoms with E-state index in [0.717, 1.165) is 22.7 Å². The topological polar surface area (TPSA) is 39.4 Å². The van der Waals surface area contributed by atoms with Crippen LogP contribution < -0.4 is 0 Å². The molecule has 0 radical (unpaired) electrons. The second kappa shape index (κ2) is 9.51. The highest BCUT2D eigenvalue weighted by molar-refractivity contribution is 7.99. The number of alkyl halides is 3. The average Bonchev–Trinajstić information content (AvgIpc) is 2.98. The zero-order valence-electron chi connectivity index (χ0n) is 15.3. The third kappa shape index (κ3) is 5.43. The molecular weight excluding hydrogens is 482 g/mol. The number of hydrogen-bond acceptors (Lipinski definition) is 4. The van der Waals surface area contributed by atoms with E-state index in [-0.39, 0.29) is 17.2 Å². The summed E-state index contributed by atoms with van der Waals surface area (Å²) < 4.78 is 41.6.